The van der Waals surface area contributed by atoms with E-state index in [1.807, 2.05) is 40.7 Å². The van der Waals surface area contributed by atoms with Gasteiger partial charge in [-0.15, -0.1) is 0 Å². The molecular weight excluding hydrogens is 272 g/mol. The molecule has 1 aromatic carbocycles. The molecule has 0 bridgehead atoms. The van der Waals surface area contributed by atoms with Crippen LogP contribution in [-0.2, 0) is 16.6 Å². The van der Waals surface area contributed by atoms with Crippen molar-refractivity contribution in [3.63, 3.8) is 0 Å². The van der Waals surface area contributed by atoms with Crippen LogP contribution in [0.4, 0.5) is 0 Å². The molecule has 0 radical (unpaired) electrons. The third-order valence-electron chi connectivity index (χ3n) is 3.76. The van der Waals surface area contributed by atoms with Gasteiger partial charge in [0, 0.05) is 12.6 Å². The molecule has 114 valence electrons. The third kappa shape index (κ3) is 3.81. The minimum Gasteiger partial charge on any atom is -0.326 e. The van der Waals surface area contributed by atoms with Gasteiger partial charge in [-0.05, 0) is 48.9 Å². The molecule has 4 nitrogen and oxygen atoms in total. The Kier molecular flexibility index (Phi) is 5.74. The van der Waals surface area contributed by atoms with Crippen molar-refractivity contribution in [2.45, 2.75) is 58.5 Å². The first-order valence-corrected chi connectivity index (χ1v) is 8.53. The number of aryl methyl sites for hydroxylation is 1. The highest BCUT2D eigenvalue weighted by molar-refractivity contribution is 7.89. The van der Waals surface area contributed by atoms with Crippen molar-refractivity contribution >= 4 is 10.0 Å². The Bertz CT molecular complexity index is 565. The quantitative estimate of drug-likeness (QED) is 0.847. The number of hydrogen-bond donors (Lipinski definition) is 2. The molecule has 0 aromatic heterocycles. The molecule has 0 heterocycles. The van der Waals surface area contributed by atoms with E-state index in [-0.39, 0.29) is 12.0 Å². The summed E-state index contributed by atoms with van der Waals surface area (Å²) in [6.07, 6.45) is 0.769. The van der Waals surface area contributed by atoms with Gasteiger partial charge in [0.2, 0.25) is 10.0 Å². The molecule has 3 N–H and O–H groups in total. The summed E-state index contributed by atoms with van der Waals surface area (Å²) >= 11 is 0. The summed E-state index contributed by atoms with van der Waals surface area (Å²) in [6.45, 7) is 10.1. The van der Waals surface area contributed by atoms with Crippen molar-refractivity contribution in [2.75, 3.05) is 0 Å². The lowest BCUT2D eigenvalue weighted by atomic mass is 10.0. The van der Waals surface area contributed by atoms with Crippen LogP contribution in [0.1, 0.15) is 43.9 Å². The van der Waals surface area contributed by atoms with E-state index in [0.717, 1.165) is 23.1 Å². The molecule has 0 saturated heterocycles. The summed E-state index contributed by atoms with van der Waals surface area (Å²) in [5.74, 6) is 0.258. The van der Waals surface area contributed by atoms with Crippen molar-refractivity contribution in [2.24, 2.45) is 11.7 Å². The molecule has 5 heteroatoms. The predicted octanol–water partition coefficient (Wildman–Crippen LogP) is 2.48. The zero-order valence-electron chi connectivity index (χ0n) is 13.0. The third-order valence-corrected chi connectivity index (χ3v) is 5.37. The highest BCUT2D eigenvalue weighted by atomic mass is 32.2. The van der Waals surface area contributed by atoms with E-state index >= 15 is 0 Å². The summed E-state index contributed by atoms with van der Waals surface area (Å²) < 4.78 is 28.0. The van der Waals surface area contributed by atoms with Gasteiger partial charge in [0.05, 0.1) is 4.90 Å². The maximum Gasteiger partial charge on any atom is 0.241 e. The molecule has 0 aliphatic rings. The van der Waals surface area contributed by atoms with Crippen molar-refractivity contribution in [1.82, 2.24) is 4.72 Å². The van der Waals surface area contributed by atoms with Crippen molar-refractivity contribution in [1.29, 1.82) is 0 Å². The van der Waals surface area contributed by atoms with Crippen LogP contribution in [0.3, 0.4) is 0 Å². The van der Waals surface area contributed by atoms with Gasteiger partial charge in [0.1, 0.15) is 0 Å². The van der Waals surface area contributed by atoms with Gasteiger partial charge < -0.3 is 5.73 Å². The Hall–Kier alpha value is -0.910. The average molecular weight is 298 g/mol. The van der Waals surface area contributed by atoms with Gasteiger partial charge >= 0.3 is 0 Å². The molecule has 1 aromatic rings. The fourth-order valence-corrected chi connectivity index (χ4v) is 4.08. The molecule has 0 spiro atoms. The van der Waals surface area contributed by atoms with Gasteiger partial charge in [0.15, 0.2) is 0 Å². The Labute approximate surface area is 122 Å². The van der Waals surface area contributed by atoms with Gasteiger partial charge in [-0.2, -0.15) is 0 Å². The van der Waals surface area contributed by atoms with Crippen LogP contribution in [0.15, 0.2) is 17.0 Å². The Morgan fingerprint density at radius 3 is 2.30 bits per heavy atom. The summed E-state index contributed by atoms with van der Waals surface area (Å²) in [5, 5.41) is 0. The number of benzene rings is 1. The van der Waals surface area contributed by atoms with Gasteiger partial charge in [-0.3, -0.25) is 0 Å². The van der Waals surface area contributed by atoms with Crippen LogP contribution in [0, 0.1) is 19.8 Å². The van der Waals surface area contributed by atoms with Crippen LogP contribution in [0.25, 0.3) is 0 Å². The predicted molar refractivity (Wildman–Crippen MR) is 83.0 cm³/mol. The number of nitrogens with one attached hydrogen (secondary N) is 1. The Morgan fingerprint density at radius 1 is 1.25 bits per heavy atom. The minimum absolute atomic E-state index is 0.0544. The second-order valence-corrected chi connectivity index (χ2v) is 7.30. The van der Waals surface area contributed by atoms with Gasteiger partial charge in [0.25, 0.3) is 0 Å². The first-order valence-electron chi connectivity index (χ1n) is 7.05. The second-order valence-electron chi connectivity index (χ2n) is 5.62. The highest BCUT2D eigenvalue weighted by Gasteiger charge is 2.23. The van der Waals surface area contributed by atoms with Crippen LogP contribution >= 0.6 is 0 Å². The first-order chi connectivity index (χ1) is 9.22. The average Bonchev–Trinajstić information content (AvgIpc) is 2.38. The van der Waals surface area contributed by atoms with E-state index in [4.69, 9.17) is 5.73 Å². The summed E-state index contributed by atoms with van der Waals surface area (Å²) in [5.41, 5.74) is 8.22. The number of nitrogens with two attached hydrogens (primary N) is 1. The topological polar surface area (TPSA) is 72.2 Å². The Morgan fingerprint density at radius 2 is 1.85 bits per heavy atom. The smallest absolute Gasteiger partial charge is 0.241 e. The largest absolute Gasteiger partial charge is 0.326 e. The molecule has 0 fully saturated rings. The molecule has 1 unspecified atom stereocenters. The molecule has 0 aliphatic heterocycles. The van der Waals surface area contributed by atoms with Gasteiger partial charge in [-0.25, -0.2) is 13.1 Å². The maximum atomic E-state index is 12.6. The lowest BCUT2D eigenvalue weighted by Gasteiger charge is -2.22. The van der Waals surface area contributed by atoms with Crippen LogP contribution in [0.5, 0.6) is 0 Å². The second kappa shape index (κ2) is 6.70. The van der Waals surface area contributed by atoms with Crippen LogP contribution in [0.2, 0.25) is 0 Å². The van der Waals surface area contributed by atoms with E-state index in [1.165, 1.54) is 0 Å². The fraction of sp³-hybridized carbons (Fsp3) is 0.600. The summed E-state index contributed by atoms with van der Waals surface area (Å²) in [4.78, 5) is 0.344. The van der Waals surface area contributed by atoms with Crippen molar-refractivity contribution < 1.29 is 8.42 Å². The zero-order chi connectivity index (χ0) is 15.5. The molecular formula is C15H26N2O2S. The maximum absolute atomic E-state index is 12.6. The lowest BCUT2D eigenvalue weighted by molar-refractivity contribution is 0.437. The van der Waals surface area contributed by atoms with Crippen molar-refractivity contribution in [3.8, 4) is 0 Å². The van der Waals surface area contributed by atoms with E-state index in [1.54, 1.807) is 6.07 Å². The molecule has 20 heavy (non-hydrogen) atoms. The van der Waals surface area contributed by atoms with Crippen LogP contribution in [-0.4, -0.2) is 14.5 Å². The summed E-state index contributed by atoms with van der Waals surface area (Å²) in [6, 6.07) is 3.56. The standard InChI is InChI=1S/C15H26N2O2S/c1-6-14(10(2)3)17-20(18,19)15-8-13(9-16)7-11(4)12(15)5/h7-8,10,14,17H,6,9,16H2,1-5H3. The normalized spacial score (nSPS) is 13.8. The number of hydrogen-bond acceptors (Lipinski definition) is 3. The molecule has 0 saturated carbocycles. The SMILES string of the molecule is CCC(NS(=O)(=O)c1cc(CN)cc(C)c1C)C(C)C. The number of sulfonamides is 1. The molecule has 1 atom stereocenters. The zero-order valence-corrected chi connectivity index (χ0v) is 13.8. The lowest BCUT2D eigenvalue weighted by Crippen LogP contribution is -2.38. The molecule has 0 aliphatic carbocycles. The monoisotopic (exact) mass is 298 g/mol. The van der Waals surface area contributed by atoms with E-state index in [9.17, 15) is 8.42 Å². The van der Waals surface area contributed by atoms with E-state index in [2.05, 4.69) is 4.72 Å². The molecule has 0 amide bonds. The van der Waals surface area contributed by atoms with E-state index < -0.39 is 10.0 Å². The van der Waals surface area contributed by atoms with Crippen molar-refractivity contribution in [3.05, 3.63) is 28.8 Å². The minimum atomic E-state index is -3.51. The number of rotatable bonds is 6. The van der Waals surface area contributed by atoms with Gasteiger partial charge in [-0.1, -0.05) is 26.8 Å². The Balaban J connectivity index is 3.25. The molecule has 1 rings (SSSR count). The van der Waals surface area contributed by atoms with Crippen LogP contribution < -0.4 is 10.5 Å². The van der Waals surface area contributed by atoms with E-state index in [0.29, 0.717) is 11.4 Å². The summed E-state index contributed by atoms with van der Waals surface area (Å²) in [7, 11) is -3.51. The highest BCUT2D eigenvalue weighted by Crippen LogP contribution is 2.22. The first kappa shape index (κ1) is 17.1. The fourth-order valence-electron chi connectivity index (χ4n) is 2.25.